The van der Waals surface area contributed by atoms with Gasteiger partial charge in [-0.25, -0.2) is 0 Å². The van der Waals surface area contributed by atoms with Crippen LogP contribution < -0.4 is 11.1 Å². The lowest BCUT2D eigenvalue weighted by molar-refractivity contribution is 0.184. The molecular weight excluding hydrogens is 202 g/mol. The van der Waals surface area contributed by atoms with Gasteiger partial charge in [0.05, 0.1) is 0 Å². The number of hydrogen-bond acceptors (Lipinski definition) is 2. The van der Waals surface area contributed by atoms with Crippen molar-refractivity contribution in [2.75, 3.05) is 19.8 Å². The lowest BCUT2D eigenvalue weighted by Gasteiger charge is -2.12. The average Bonchev–Trinajstić information content (AvgIpc) is 2.90. The molecule has 16 heavy (non-hydrogen) atoms. The second-order valence-corrected chi connectivity index (χ2v) is 4.91. The molecule has 1 unspecified atom stereocenters. The van der Waals surface area contributed by atoms with E-state index >= 15 is 0 Å². The fourth-order valence-corrected chi connectivity index (χ4v) is 2.50. The van der Waals surface area contributed by atoms with Crippen molar-refractivity contribution in [2.24, 2.45) is 16.6 Å². The van der Waals surface area contributed by atoms with E-state index in [0.717, 1.165) is 26.2 Å². The molecule has 1 aliphatic carbocycles. The molecule has 1 heterocycles. The molecule has 2 fully saturated rings. The standard InChI is InChI=1S/C12H23N3O/c13-12(15-11-3-1-2-4-11)14-7-5-10-6-8-16-9-10/h10-11H,1-9H2,(H3,13,14,15). The van der Waals surface area contributed by atoms with E-state index in [1.54, 1.807) is 0 Å². The van der Waals surface area contributed by atoms with Crippen molar-refractivity contribution in [3.05, 3.63) is 0 Å². The quantitative estimate of drug-likeness (QED) is 0.559. The third kappa shape index (κ3) is 3.67. The van der Waals surface area contributed by atoms with Crippen LogP contribution in [0.25, 0.3) is 0 Å². The maximum Gasteiger partial charge on any atom is 0.188 e. The van der Waals surface area contributed by atoms with Crippen LogP contribution in [0.3, 0.4) is 0 Å². The average molecular weight is 225 g/mol. The first-order valence-electron chi connectivity index (χ1n) is 6.49. The summed E-state index contributed by atoms with van der Waals surface area (Å²) >= 11 is 0. The van der Waals surface area contributed by atoms with Gasteiger partial charge in [0.1, 0.15) is 0 Å². The summed E-state index contributed by atoms with van der Waals surface area (Å²) in [6, 6.07) is 0.568. The van der Waals surface area contributed by atoms with Crippen LogP contribution in [0.5, 0.6) is 0 Å². The van der Waals surface area contributed by atoms with Gasteiger partial charge in [-0.15, -0.1) is 0 Å². The summed E-state index contributed by atoms with van der Waals surface area (Å²) in [5, 5.41) is 3.30. The minimum Gasteiger partial charge on any atom is -0.381 e. The third-order valence-corrected chi connectivity index (χ3v) is 3.55. The van der Waals surface area contributed by atoms with Crippen molar-refractivity contribution in [1.82, 2.24) is 5.32 Å². The first-order chi connectivity index (χ1) is 7.84. The Morgan fingerprint density at radius 2 is 2.12 bits per heavy atom. The van der Waals surface area contributed by atoms with Gasteiger partial charge in [0.25, 0.3) is 0 Å². The first kappa shape index (κ1) is 11.7. The van der Waals surface area contributed by atoms with Gasteiger partial charge in [-0.05, 0) is 31.6 Å². The van der Waals surface area contributed by atoms with Crippen LogP contribution in [-0.4, -0.2) is 31.8 Å². The third-order valence-electron chi connectivity index (χ3n) is 3.55. The largest absolute Gasteiger partial charge is 0.381 e. The van der Waals surface area contributed by atoms with Gasteiger partial charge in [0.2, 0.25) is 0 Å². The summed E-state index contributed by atoms with van der Waals surface area (Å²) in [5.41, 5.74) is 5.85. The lowest BCUT2D eigenvalue weighted by atomic mass is 10.1. The lowest BCUT2D eigenvalue weighted by Crippen LogP contribution is -2.38. The maximum absolute atomic E-state index is 5.85. The Labute approximate surface area is 97.6 Å². The van der Waals surface area contributed by atoms with Gasteiger partial charge < -0.3 is 15.8 Å². The molecule has 1 atom stereocenters. The summed E-state index contributed by atoms with van der Waals surface area (Å²) in [5.74, 6) is 1.33. The number of nitrogens with two attached hydrogens (primary N) is 1. The zero-order valence-corrected chi connectivity index (χ0v) is 9.95. The predicted molar refractivity (Wildman–Crippen MR) is 65.4 cm³/mol. The van der Waals surface area contributed by atoms with Gasteiger partial charge in [0.15, 0.2) is 5.96 Å². The minimum atomic E-state index is 0.568. The van der Waals surface area contributed by atoms with Crippen molar-refractivity contribution in [3.63, 3.8) is 0 Å². The van der Waals surface area contributed by atoms with E-state index in [1.807, 2.05) is 0 Å². The van der Waals surface area contributed by atoms with E-state index in [4.69, 9.17) is 10.5 Å². The van der Waals surface area contributed by atoms with Crippen LogP contribution in [0.4, 0.5) is 0 Å². The zero-order valence-electron chi connectivity index (χ0n) is 9.95. The van der Waals surface area contributed by atoms with E-state index in [2.05, 4.69) is 10.3 Å². The number of hydrogen-bond donors (Lipinski definition) is 2. The van der Waals surface area contributed by atoms with Crippen LogP contribution in [0, 0.1) is 5.92 Å². The van der Waals surface area contributed by atoms with Gasteiger partial charge in [-0.2, -0.15) is 0 Å². The molecule has 3 N–H and O–H groups in total. The summed E-state index contributed by atoms with van der Waals surface area (Å²) in [7, 11) is 0. The highest BCUT2D eigenvalue weighted by molar-refractivity contribution is 5.78. The molecule has 0 spiro atoms. The molecule has 0 aromatic heterocycles. The molecule has 92 valence electrons. The number of aliphatic imine (C=N–C) groups is 1. The van der Waals surface area contributed by atoms with Crippen LogP contribution in [0.15, 0.2) is 4.99 Å². The molecule has 0 amide bonds. The molecule has 4 nitrogen and oxygen atoms in total. The van der Waals surface area contributed by atoms with Gasteiger partial charge in [-0.3, -0.25) is 4.99 Å². The predicted octanol–water partition coefficient (Wildman–Crippen LogP) is 1.26. The molecule has 0 bridgehead atoms. The highest BCUT2D eigenvalue weighted by Gasteiger charge is 2.16. The number of guanidine groups is 1. The minimum absolute atomic E-state index is 0.568. The highest BCUT2D eigenvalue weighted by Crippen LogP contribution is 2.17. The fraction of sp³-hybridized carbons (Fsp3) is 0.917. The van der Waals surface area contributed by atoms with Gasteiger partial charge >= 0.3 is 0 Å². The molecular formula is C12H23N3O. The summed E-state index contributed by atoms with van der Waals surface area (Å²) < 4.78 is 5.33. The molecule has 2 aliphatic rings. The fourth-order valence-electron chi connectivity index (χ4n) is 2.50. The van der Waals surface area contributed by atoms with Crippen LogP contribution in [-0.2, 0) is 4.74 Å². The molecule has 1 saturated heterocycles. The smallest absolute Gasteiger partial charge is 0.188 e. The zero-order chi connectivity index (χ0) is 11.2. The van der Waals surface area contributed by atoms with Crippen molar-refractivity contribution in [2.45, 2.75) is 44.6 Å². The van der Waals surface area contributed by atoms with Crippen LogP contribution in [0.2, 0.25) is 0 Å². The van der Waals surface area contributed by atoms with Gasteiger partial charge in [0, 0.05) is 25.8 Å². The Hall–Kier alpha value is -0.770. The Bertz CT molecular complexity index is 230. The van der Waals surface area contributed by atoms with Crippen LogP contribution in [0.1, 0.15) is 38.5 Å². The summed E-state index contributed by atoms with van der Waals surface area (Å²) in [6.45, 7) is 2.66. The first-order valence-corrected chi connectivity index (χ1v) is 6.49. The number of nitrogens with zero attached hydrogens (tertiary/aromatic N) is 1. The molecule has 4 heteroatoms. The Kier molecular flexibility index (Phi) is 4.45. The second-order valence-electron chi connectivity index (χ2n) is 4.91. The van der Waals surface area contributed by atoms with E-state index in [-0.39, 0.29) is 0 Å². The van der Waals surface area contributed by atoms with Crippen LogP contribution >= 0.6 is 0 Å². The molecule has 0 radical (unpaired) electrons. The number of ether oxygens (including phenoxy) is 1. The van der Waals surface area contributed by atoms with E-state index in [0.29, 0.717) is 17.9 Å². The van der Waals surface area contributed by atoms with Crippen molar-refractivity contribution in [1.29, 1.82) is 0 Å². The number of nitrogens with one attached hydrogen (secondary N) is 1. The van der Waals surface area contributed by atoms with Gasteiger partial charge in [-0.1, -0.05) is 12.8 Å². The monoisotopic (exact) mass is 225 g/mol. The van der Waals surface area contributed by atoms with E-state index < -0.39 is 0 Å². The Morgan fingerprint density at radius 1 is 1.31 bits per heavy atom. The normalized spacial score (nSPS) is 27.5. The second kappa shape index (κ2) is 6.09. The SMILES string of the molecule is NC(=NCCC1CCOC1)NC1CCCC1. The van der Waals surface area contributed by atoms with Crippen molar-refractivity contribution < 1.29 is 4.74 Å². The topological polar surface area (TPSA) is 59.6 Å². The molecule has 1 aliphatic heterocycles. The molecule has 0 aromatic rings. The Morgan fingerprint density at radius 3 is 2.81 bits per heavy atom. The van der Waals surface area contributed by atoms with E-state index in [1.165, 1.54) is 32.1 Å². The van der Waals surface area contributed by atoms with E-state index in [9.17, 15) is 0 Å². The highest BCUT2D eigenvalue weighted by atomic mass is 16.5. The summed E-state index contributed by atoms with van der Waals surface area (Å²) in [4.78, 5) is 4.38. The number of rotatable bonds is 4. The molecule has 0 aromatic carbocycles. The molecule has 1 saturated carbocycles. The maximum atomic E-state index is 5.85. The summed E-state index contributed by atoms with van der Waals surface area (Å²) in [6.07, 6.45) is 7.42. The van der Waals surface area contributed by atoms with Crippen molar-refractivity contribution in [3.8, 4) is 0 Å². The van der Waals surface area contributed by atoms with Crippen molar-refractivity contribution >= 4 is 5.96 Å². The Balaban J connectivity index is 1.61. The molecule has 2 rings (SSSR count).